The minimum Gasteiger partial charge on any atom is -0.382 e. The number of hydrogen-bond donors (Lipinski definition) is 0. The van der Waals surface area contributed by atoms with Crippen LogP contribution in [-0.2, 0) is 18.3 Å². The first-order chi connectivity index (χ1) is 5.98. The Balaban J connectivity index is 3.61. The molecule has 0 rings (SSSR count). The van der Waals surface area contributed by atoms with Crippen molar-refractivity contribution >= 4 is 7.60 Å². The van der Waals surface area contributed by atoms with Crippen LogP contribution < -0.4 is 0 Å². The van der Waals surface area contributed by atoms with E-state index < -0.39 is 7.60 Å². The largest absolute Gasteiger partial charge is 0.382 e. The molecule has 13 heavy (non-hydrogen) atoms. The molecule has 1 atom stereocenters. The normalized spacial score (nSPS) is 16.1. The van der Waals surface area contributed by atoms with Crippen molar-refractivity contribution in [1.29, 1.82) is 0 Å². The fraction of sp³-hybridized carbons (Fsp3) is 1.00. The highest BCUT2D eigenvalue weighted by Crippen LogP contribution is 2.43. The summed E-state index contributed by atoms with van der Waals surface area (Å²) in [4.78, 5) is 0. The van der Waals surface area contributed by atoms with E-state index in [0.717, 1.165) is 0 Å². The first-order valence-electron chi connectivity index (χ1n) is 4.33. The van der Waals surface area contributed by atoms with Crippen molar-refractivity contribution in [3.63, 3.8) is 0 Å². The maximum atomic E-state index is 11.5. The van der Waals surface area contributed by atoms with Crippen LogP contribution in [0.15, 0.2) is 0 Å². The molecule has 0 aliphatic heterocycles. The molecular weight excluding hydrogens is 191 g/mol. The van der Waals surface area contributed by atoms with Crippen molar-refractivity contribution in [2.45, 2.75) is 13.8 Å². The maximum absolute atomic E-state index is 11.5. The molecule has 4 nitrogen and oxygen atoms in total. The minimum absolute atomic E-state index is 0.308. The van der Waals surface area contributed by atoms with E-state index in [0.29, 0.717) is 25.7 Å². The van der Waals surface area contributed by atoms with Crippen LogP contribution in [-0.4, -0.2) is 33.6 Å². The second-order valence-corrected chi connectivity index (χ2v) is 5.35. The van der Waals surface area contributed by atoms with E-state index in [-0.39, 0.29) is 0 Å². The van der Waals surface area contributed by atoms with E-state index in [1.165, 1.54) is 6.66 Å². The predicted octanol–water partition coefficient (Wildman–Crippen LogP) is 2.14. The molecule has 0 radical (unpaired) electrons. The van der Waals surface area contributed by atoms with Crippen LogP contribution in [0.5, 0.6) is 0 Å². The lowest BCUT2D eigenvalue weighted by Crippen LogP contribution is -2.05. The lowest BCUT2D eigenvalue weighted by Gasteiger charge is -2.15. The van der Waals surface area contributed by atoms with Gasteiger partial charge in [0.25, 0.3) is 0 Å². The molecule has 1 unspecified atom stereocenters. The summed E-state index contributed by atoms with van der Waals surface area (Å²) >= 11 is 0. The Hall–Kier alpha value is 0.110. The molecule has 0 bridgehead atoms. The van der Waals surface area contributed by atoms with Gasteiger partial charge in [0.1, 0.15) is 0 Å². The number of rotatable bonds is 7. The van der Waals surface area contributed by atoms with Crippen molar-refractivity contribution < 1.29 is 18.3 Å². The molecule has 80 valence electrons. The van der Waals surface area contributed by atoms with E-state index in [1.54, 1.807) is 7.11 Å². The molecule has 0 aromatic heterocycles. The molecule has 0 aromatic carbocycles. The van der Waals surface area contributed by atoms with Crippen molar-refractivity contribution in [1.82, 2.24) is 0 Å². The van der Waals surface area contributed by atoms with Gasteiger partial charge in [-0.05, 0) is 5.92 Å². The molecule has 0 spiro atoms. The van der Waals surface area contributed by atoms with Crippen LogP contribution in [0.3, 0.4) is 0 Å². The Bertz CT molecular complexity index is 170. The molecule has 0 aliphatic rings. The quantitative estimate of drug-likeness (QED) is 0.477. The summed E-state index contributed by atoms with van der Waals surface area (Å²) in [6, 6.07) is 0. The Morgan fingerprint density at radius 1 is 1.23 bits per heavy atom. The van der Waals surface area contributed by atoms with Gasteiger partial charge in [-0.25, -0.2) is 0 Å². The fourth-order valence-electron chi connectivity index (χ4n) is 0.608. The second-order valence-electron chi connectivity index (χ2n) is 3.29. The third-order valence-corrected chi connectivity index (χ3v) is 2.53. The Labute approximate surface area is 80.1 Å². The molecule has 0 amide bonds. The van der Waals surface area contributed by atoms with E-state index in [1.807, 2.05) is 13.8 Å². The summed E-state index contributed by atoms with van der Waals surface area (Å²) < 4.78 is 26.4. The molecular formula is C8H19O4P. The van der Waals surface area contributed by atoms with Crippen LogP contribution in [0, 0.1) is 5.92 Å². The van der Waals surface area contributed by atoms with Crippen LogP contribution >= 0.6 is 7.60 Å². The highest BCUT2D eigenvalue weighted by molar-refractivity contribution is 7.52. The summed E-state index contributed by atoms with van der Waals surface area (Å²) in [6.07, 6.45) is 0. The fourth-order valence-corrected chi connectivity index (χ4v) is 1.66. The minimum atomic E-state index is -2.86. The third kappa shape index (κ3) is 8.44. The SMILES string of the molecule is COCCOP(C)(=O)OCC(C)C. The van der Waals surface area contributed by atoms with Gasteiger partial charge in [-0.3, -0.25) is 4.57 Å². The smallest absolute Gasteiger partial charge is 0.327 e. The van der Waals surface area contributed by atoms with Gasteiger partial charge in [-0.1, -0.05) is 13.8 Å². The maximum Gasteiger partial charge on any atom is 0.327 e. The van der Waals surface area contributed by atoms with Crippen LogP contribution in [0.4, 0.5) is 0 Å². The van der Waals surface area contributed by atoms with E-state index in [2.05, 4.69) is 0 Å². The van der Waals surface area contributed by atoms with Gasteiger partial charge in [0, 0.05) is 13.8 Å². The molecule has 5 heteroatoms. The first-order valence-corrected chi connectivity index (χ1v) is 6.32. The summed E-state index contributed by atoms with van der Waals surface area (Å²) in [5.41, 5.74) is 0. The highest BCUT2D eigenvalue weighted by Gasteiger charge is 2.16. The van der Waals surface area contributed by atoms with Crippen LogP contribution in [0.2, 0.25) is 0 Å². The highest BCUT2D eigenvalue weighted by atomic mass is 31.2. The van der Waals surface area contributed by atoms with Crippen molar-refractivity contribution in [2.75, 3.05) is 33.6 Å². The average molecular weight is 210 g/mol. The first kappa shape index (κ1) is 13.1. The zero-order chi connectivity index (χ0) is 10.3. The standard InChI is InChI=1S/C8H19O4P/c1-8(2)7-12-13(4,9)11-6-5-10-3/h8H,5-7H2,1-4H3. The zero-order valence-corrected chi connectivity index (χ0v) is 9.67. The van der Waals surface area contributed by atoms with Gasteiger partial charge in [-0.15, -0.1) is 0 Å². The number of hydrogen-bond acceptors (Lipinski definition) is 4. The van der Waals surface area contributed by atoms with Crippen molar-refractivity contribution in [2.24, 2.45) is 5.92 Å². The Morgan fingerprint density at radius 3 is 2.31 bits per heavy atom. The van der Waals surface area contributed by atoms with Crippen LogP contribution in [0.25, 0.3) is 0 Å². The van der Waals surface area contributed by atoms with E-state index in [4.69, 9.17) is 13.8 Å². The molecule has 0 heterocycles. The van der Waals surface area contributed by atoms with Gasteiger partial charge in [0.15, 0.2) is 0 Å². The monoisotopic (exact) mass is 210 g/mol. The number of ether oxygens (including phenoxy) is 1. The Morgan fingerprint density at radius 2 is 1.85 bits per heavy atom. The summed E-state index contributed by atoms with van der Waals surface area (Å²) in [7, 11) is -1.29. The van der Waals surface area contributed by atoms with E-state index >= 15 is 0 Å². The van der Waals surface area contributed by atoms with Gasteiger partial charge >= 0.3 is 7.60 Å². The zero-order valence-electron chi connectivity index (χ0n) is 8.78. The molecule has 0 aliphatic carbocycles. The van der Waals surface area contributed by atoms with Gasteiger partial charge in [0.05, 0.1) is 19.8 Å². The third-order valence-electron chi connectivity index (χ3n) is 1.26. The van der Waals surface area contributed by atoms with Crippen molar-refractivity contribution in [3.05, 3.63) is 0 Å². The molecule has 0 N–H and O–H groups in total. The Kier molecular flexibility index (Phi) is 6.60. The second kappa shape index (κ2) is 6.55. The summed E-state index contributed by atoms with van der Waals surface area (Å²) in [5, 5.41) is 0. The number of methoxy groups -OCH3 is 1. The van der Waals surface area contributed by atoms with E-state index in [9.17, 15) is 4.57 Å². The van der Waals surface area contributed by atoms with Gasteiger partial charge in [-0.2, -0.15) is 0 Å². The van der Waals surface area contributed by atoms with Crippen LogP contribution in [0.1, 0.15) is 13.8 Å². The molecule has 0 saturated carbocycles. The topological polar surface area (TPSA) is 44.8 Å². The van der Waals surface area contributed by atoms with Crippen molar-refractivity contribution in [3.8, 4) is 0 Å². The lowest BCUT2D eigenvalue weighted by atomic mass is 10.2. The summed E-state index contributed by atoms with van der Waals surface area (Å²) in [6.45, 7) is 6.67. The summed E-state index contributed by atoms with van der Waals surface area (Å²) in [5.74, 6) is 0.360. The van der Waals surface area contributed by atoms with Gasteiger partial charge in [0.2, 0.25) is 0 Å². The molecule has 0 saturated heterocycles. The molecule has 0 aromatic rings. The average Bonchev–Trinajstić information content (AvgIpc) is 2.02. The predicted molar refractivity (Wildman–Crippen MR) is 52.1 cm³/mol. The molecule has 0 fully saturated rings. The lowest BCUT2D eigenvalue weighted by molar-refractivity contribution is 0.125. The van der Waals surface area contributed by atoms with Gasteiger partial charge < -0.3 is 13.8 Å².